The van der Waals surface area contributed by atoms with E-state index < -0.39 is 0 Å². The lowest BCUT2D eigenvalue weighted by molar-refractivity contribution is 0.620. The van der Waals surface area contributed by atoms with Gasteiger partial charge in [-0.15, -0.1) is 0 Å². The maximum atomic E-state index is 6.41. The summed E-state index contributed by atoms with van der Waals surface area (Å²) >= 11 is 0. The Hall–Kier alpha value is -6.91. The Kier molecular flexibility index (Phi) is 6.78. The number of oxazole rings is 1. The highest BCUT2D eigenvalue weighted by Gasteiger charge is 2.20. The van der Waals surface area contributed by atoms with E-state index in [4.69, 9.17) is 13.8 Å². The van der Waals surface area contributed by atoms with Crippen molar-refractivity contribution < 1.29 is 8.83 Å². The summed E-state index contributed by atoms with van der Waals surface area (Å²) in [6.45, 7) is 0. The molecule has 240 valence electrons. The van der Waals surface area contributed by atoms with Crippen molar-refractivity contribution in [3.63, 3.8) is 0 Å². The molecule has 4 heteroatoms. The van der Waals surface area contributed by atoms with Crippen molar-refractivity contribution in [2.24, 2.45) is 0 Å². The van der Waals surface area contributed by atoms with E-state index in [2.05, 4.69) is 144 Å². The summed E-state index contributed by atoms with van der Waals surface area (Å²) in [6.07, 6.45) is 0. The van der Waals surface area contributed by atoms with Gasteiger partial charge in [0.1, 0.15) is 16.7 Å². The first-order valence-electron chi connectivity index (χ1n) is 17.1. The molecule has 2 aromatic heterocycles. The van der Waals surface area contributed by atoms with Gasteiger partial charge in [0.05, 0.1) is 0 Å². The maximum absolute atomic E-state index is 6.41. The molecule has 0 spiro atoms. The number of fused-ring (bicyclic) bond motifs is 5. The molecule has 4 nitrogen and oxygen atoms in total. The van der Waals surface area contributed by atoms with Crippen molar-refractivity contribution in [3.05, 3.63) is 182 Å². The standard InChI is InChI=1S/C47H30N2O2/c1-2-9-31(10-3-1)33-19-23-37(24-20-33)49(38-25-21-34(22-26-38)36-18-17-32-11-4-5-12-35(32)29-36)39-27-28-43-41(30-39)46-40(13-8-16-45(46)50-43)47-48-42-14-6-7-15-44(42)51-47/h1-30H. The third-order valence-corrected chi connectivity index (χ3v) is 9.70. The van der Waals surface area contributed by atoms with Gasteiger partial charge in [-0.25, -0.2) is 4.98 Å². The number of anilines is 3. The summed E-state index contributed by atoms with van der Waals surface area (Å²) in [6, 6.07) is 63.6. The van der Waals surface area contributed by atoms with Crippen LogP contribution < -0.4 is 4.90 Å². The van der Waals surface area contributed by atoms with Gasteiger partial charge < -0.3 is 13.7 Å². The lowest BCUT2D eigenvalue weighted by Gasteiger charge is -2.26. The largest absolute Gasteiger partial charge is 0.456 e. The fourth-order valence-corrected chi connectivity index (χ4v) is 7.17. The van der Waals surface area contributed by atoms with Crippen LogP contribution in [0.4, 0.5) is 17.1 Å². The van der Waals surface area contributed by atoms with Crippen LogP contribution in [0.15, 0.2) is 191 Å². The maximum Gasteiger partial charge on any atom is 0.228 e. The average molecular weight is 655 g/mol. The molecule has 0 bridgehead atoms. The van der Waals surface area contributed by atoms with Gasteiger partial charge >= 0.3 is 0 Å². The highest BCUT2D eigenvalue weighted by molar-refractivity contribution is 6.13. The molecule has 0 aliphatic rings. The van der Waals surface area contributed by atoms with E-state index in [0.29, 0.717) is 5.89 Å². The number of rotatable bonds is 6. The van der Waals surface area contributed by atoms with E-state index in [0.717, 1.165) is 55.7 Å². The third-order valence-electron chi connectivity index (χ3n) is 9.70. The van der Waals surface area contributed by atoms with E-state index in [1.807, 2.05) is 42.5 Å². The highest BCUT2D eigenvalue weighted by atomic mass is 16.3. The number of hydrogen-bond acceptors (Lipinski definition) is 4. The third kappa shape index (κ3) is 5.13. The Bertz CT molecular complexity index is 2820. The van der Waals surface area contributed by atoms with E-state index in [1.54, 1.807) is 0 Å². The summed E-state index contributed by atoms with van der Waals surface area (Å²) in [5.41, 5.74) is 11.9. The Morgan fingerprint density at radius 3 is 1.80 bits per heavy atom. The smallest absolute Gasteiger partial charge is 0.228 e. The number of aromatic nitrogens is 1. The summed E-state index contributed by atoms with van der Waals surface area (Å²) < 4.78 is 12.7. The molecular formula is C47H30N2O2. The Morgan fingerprint density at radius 2 is 1.02 bits per heavy atom. The SMILES string of the molecule is c1ccc(-c2ccc(N(c3ccc(-c4ccc5ccccc5c4)cc3)c3ccc4oc5cccc(-c6nc7ccccc7o6)c5c4c3)cc2)cc1. The van der Waals surface area contributed by atoms with E-state index in [-0.39, 0.29) is 0 Å². The molecule has 0 unspecified atom stereocenters. The van der Waals surface area contributed by atoms with Gasteiger partial charge in [-0.1, -0.05) is 109 Å². The van der Waals surface area contributed by atoms with Crippen LogP contribution in [0, 0.1) is 0 Å². The van der Waals surface area contributed by atoms with Gasteiger partial charge in [-0.2, -0.15) is 0 Å². The predicted octanol–water partition coefficient (Wildman–Crippen LogP) is 13.4. The number of furan rings is 1. The van der Waals surface area contributed by atoms with Crippen LogP contribution in [0.2, 0.25) is 0 Å². The van der Waals surface area contributed by atoms with Crippen LogP contribution in [0.1, 0.15) is 0 Å². The van der Waals surface area contributed by atoms with Gasteiger partial charge in [0.15, 0.2) is 5.58 Å². The first kappa shape index (κ1) is 29.0. The number of hydrogen-bond donors (Lipinski definition) is 0. The van der Waals surface area contributed by atoms with Crippen molar-refractivity contribution >= 4 is 60.9 Å². The van der Waals surface area contributed by atoms with Gasteiger partial charge in [-0.3, -0.25) is 0 Å². The zero-order valence-corrected chi connectivity index (χ0v) is 27.5. The summed E-state index contributed by atoms with van der Waals surface area (Å²) in [4.78, 5) is 7.14. The molecule has 0 saturated heterocycles. The molecule has 0 aliphatic carbocycles. The summed E-state index contributed by atoms with van der Waals surface area (Å²) in [5, 5.41) is 4.45. The minimum Gasteiger partial charge on any atom is -0.456 e. The van der Waals surface area contributed by atoms with Crippen molar-refractivity contribution in [1.29, 1.82) is 0 Å². The zero-order valence-electron chi connectivity index (χ0n) is 27.5. The topological polar surface area (TPSA) is 42.4 Å². The summed E-state index contributed by atoms with van der Waals surface area (Å²) in [7, 11) is 0. The first-order chi connectivity index (χ1) is 25.2. The average Bonchev–Trinajstić information content (AvgIpc) is 3.81. The van der Waals surface area contributed by atoms with Crippen molar-refractivity contribution in [2.45, 2.75) is 0 Å². The number of benzene rings is 8. The molecule has 8 aromatic carbocycles. The molecule has 0 aliphatic heterocycles. The van der Waals surface area contributed by atoms with Crippen LogP contribution in [0.25, 0.3) is 77.5 Å². The Labute approximate surface area is 294 Å². The second-order valence-corrected chi connectivity index (χ2v) is 12.8. The molecular weight excluding hydrogens is 625 g/mol. The highest BCUT2D eigenvalue weighted by Crippen LogP contribution is 2.42. The van der Waals surface area contributed by atoms with Crippen molar-refractivity contribution in [1.82, 2.24) is 4.98 Å². The summed E-state index contributed by atoms with van der Waals surface area (Å²) in [5.74, 6) is 0.576. The van der Waals surface area contributed by atoms with Crippen LogP contribution in [0.3, 0.4) is 0 Å². The van der Waals surface area contributed by atoms with Crippen LogP contribution in [-0.4, -0.2) is 4.98 Å². The first-order valence-corrected chi connectivity index (χ1v) is 17.1. The second-order valence-electron chi connectivity index (χ2n) is 12.8. The molecule has 0 radical (unpaired) electrons. The molecule has 0 N–H and O–H groups in total. The lowest BCUT2D eigenvalue weighted by Crippen LogP contribution is -2.09. The number of para-hydroxylation sites is 2. The van der Waals surface area contributed by atoms with Crippen LogP contribution in [0.5, 0.6) is 0 Å². The Morgan fingerprint density at radius 1 is 0.392 bits per heavy atom. The van der Waals surface area contributed by atoms with Crippen molar-refractivity contribution in [3.8, 4) is 33.7 Å². The van der Waals surface area contributed by atoms with E-state index in [9.17, 15) is 0 Å². The monoisotopic (exact) mass is 654 g/mol. The molecule has 10 rings (SSSR count). The molecule has 0 fully saturated rings. The fraction of sp³-hybridized carbons (Fsp3) is 0. The van der Waals surface area contributed by atoms with Crippen molar-refractivity contribution in [2.75, 3.05) is 4.90 Å². The molecule has 0 atom stereocenters. The molecule has 10 aromatic rings. The molecule has 0 amide bonds. The quantitative estimate of drug-likeness (QED) is 0.179. The molecule has 51 heavy (non-hydrogen) atoms. The minimum atomic E-state index is 0.576. The van der Waals surface area contributed by atoms with Gasteiger partial charge in [0, 0.05) is 33.4 Å². The number of nitrogens with zero attached hydrogens (tertiary/aromatic N) is 2. The van der Waals surface area contributed by atoms with E-state index in [1.165, 1.54) is 33.0 Å². The van der Waals surface area contributed by atoms with Gasteiger partial charge in [-0.05, 0) is 106 Å². The van der Waals surface area contributed by atoms with Crippen LogP contribution >= 0.6 is 0 Å². The molecule has 0 saturated carbocycles. The zero-order chi connectivity index (χ0) is 33.7. The lowest BCUT2D eigenvalue weighted by atomic mass is 10.0. The minimum absolute atomic E-state index is 0.576. The van der Waals surface area contributed by atoms with Gasteiger partial charge in [0.2, 0.25) is 5.89 Å². The van der Waals surface area contributed by atoms with Gasteiger partial charge in [0.25, 0.3) is 0 Å². The normalized spacial score (nSPS) is 11.5. The van der Waals surface area contributed by atoms with E-state index >= 15 is 0 Å². The Balaban J connectivity index is 1.11. The fourth-order valence-electron chi connectivity index (χ4n) is 7.17. The predicted molar refractivity (Wildman–Crippen MR) is 210 cm³/mol. The molecule has 2 heterocycles. The second kappa shape index (κ2) is 11.9. The van der Waals surface area contributed by atoms with Crippen LogP contribution in [-0.2, 0) is 0 Å².